The number of rotatable bonds is 3. The van der Waals surface area contributed by atoms with Gasteiger partial charge in [0.2, 0.25) is 5.89 Å². The van der Waals surface area contributed by atoms with Gasteiger partial charge >= 0.3 is 0 Å². The second-order valence-corrected chi connectivity index (χ2v) is 7.36. The average Bonchev–Trinajstić information content (AvgIpc) is 2.77. The van der Waals surface area contributed by atoms with Crippen molar-refractivity contribution in [3.63, 3.8) is 0 Å². The molecule has 1 fully saturated rings. The molecule has 6 heteroatoms. The van der Waals surface area contributed by atoms with Crippen molar-refractivity contribution in [2.45, 2.75) is 37.3 Å². The Morgan fingerprint density at radius 2 is 2.06 bits per heavy atom. The summed E-state index contributed by atoms with van der Waals surface area (Å²) in [4.78, 5) is 4.47. The van der Waals surface area contributed by atoms with E-state index in [2.05, 4.69) is 30.9 Å². The standard InChI is InChI=1S/C11H19N3OS2/c1-6(2)8(12)11-13-10(14-15-11)9-7(3)16-4-5-17-9/h6-9H,4-5,12H2,1-3H3. The molecule has 0 spiro atoms. The highest BCUT2D eigenvalue weighted by Crippen LogP contribution is 2.41. The molecule has 1 aliphatic heterocycles. The first-order chi connectivity index (χ1) is 8.09. The smallest absolute Gasteiger partial charge is 0.243 e. The zero-order chi connectivity index (χ0) is 12.4. The van der Waals surface area contributed by atoms with E-state index in [1.807, 2.05) is 23.5 Å². The third-order valence-electron chi connectivity index (χ3n) is 2.90. The Morgan fingerprint density at radius 3 is 2.71 bits per heavy atom. The van der Waals surface area contributed by atoms with Gasteiger partial charge in [0, 0.05) is 16.8 Å². The SMILES string of the molecule is CC(C)C(N)c1nc(C2SCCSC2C)no1. The van der Waals surface area contributed by atoms with Gasteiger partial charge in [-0.05, 0) is 5.92 Å². The number of thioether (sulfide) groups is 2. The molecular weight excluding hydrogens is 254 g/mol. The minimum Gasteiger partial charge on any atom is -0.338 e. The quantitative estimate of drug-likeness (QED) is 0.913. The molecule has 0 aromatic carbocycles. The van der Waals surface area contributed by atoms with Crippen molar-refractivity contribution in [3.8, 4) is 0 Å². The van der Waals surface area contributed by atoms with Crippen molar-refractivity contribution in [2.24, 2.45) is 11.7 Å². The lowest BCUT2D eigenvalue weighted by atomic mass is 10.1. The number of aromatic nitrogens is 2. The van der Waals surface area contributed by atoms with Gasteiger partial charge in [0.25, 0.3) is 0 Å². The van der Waals surface area contributed by atoms with Crippen LogP contribution in [0.5, 0.6) is 0 Å². The van der Waals surface area contributed by atoms with E-state index in [1.165, 1.54) is 5.75 Å². The second-order valence-electron chi connectivity index (χ2n) is 4.63. The predicted octanol–water partition coefficient (Wildman–Crippen LogP) is 2.64. The highest BCUT2D eigenvalue weighted by molar-refractivity contribution is 8.06. The van der Waals surface area contributed by atoms with E-state index in [-0.39, 0.29) is 6.04 Å². The van der Waals surface area contributed by atoms with Crippen LogP contribution in [0, 0.1) is 5.92 Å². The molecule has 1 aliphatic rings. The maximum absolute atomic E-state index is 6.01. The molecule has 0 radical (unpaired) electrons. The van der Waals surface area contributed by atoms with E-state index in [0.29, 0.717) is 22.3 Å². The first-order valence-corrected chi connectivity index (χ1v) is 8.01. The summed E-state index contributed by atoms with van der Waals surface area (Å²) in [6.45, 7) is 6.34. The fraction of sp³-hybridized carbons (Fsp3) is 0.818. The van der Waals surface area contributed by atoms with Crippen LogP contribution in [0.15, 0.2) is 4.52 Å². The molecule has 1 saturated heterocycles. The summed E-state index contributed by atoms with van der Waals surface area (Å²) in [5, 5.41) is 4.97. The highest BCUT2D eigenvalue weighted by atomic mass is 32.2. The van der Waals surface area contributed by atoms with E-state index >= 15 is 0 Å². The summed E-state index contributed by atoms with van der Waals surface area (Å²) in [7, 11) is 0. The minimum absolute atomic E-state index is 0.159. The average molecular weight is 273 g/mol. The lowest BCUT2D eigenvalue weighted by Crippen LogP contribution is -2.19. The molecule has 0 saturated carbocycles. The van der Waals surface area contributed by atoms with Crippen LogP contribution in [0.3, 0.4) is 0 Å². The van der Waals surface area contributed by atoms with Gasteiger partial charge in [-0.15, -0.1) is 11.8 Å². The summed E-state index contributed by atoms with van der Waals surface area (Å²) >= 11 is 3.88. The Labute approximate surface area is 110 Å². The third kappa shape index (κ3) is 2.98. The second kappa shape index (κ2) is 5.63. The Balaban J connectivity index is 2.12. The predicted molar refractivity (Wildman–Crippen MR) is 73.2 cm³/mol. The Kier molecular flexibility index (Phi) is 4.38. The zero-order valence-corrected chi connectivity index (χ0v) is 12.1. The summed E-state index contributed by atoms with van der Waals surface area (Å²) in [6.07, 6.45) is 0. The molecular formula is C11H19N3OS2. The lowest BCUT2D eigenvalue weighted by Gasteiger charge is -2.24. The lowest BCUT2D eigenvalue weighted by molar-refractivity contribution is 0.322. The molecule has 17 heavy (non-hydrogen) atoms. The topological polar surface area (TPSA) is 64.9 Å². The van der Waals surface area contributed by atoms with Gasteiger partial charge in [-0.2, -0.15) is 16.7 Å². The van der Waals surface area contributed by atoms with Gasteiger partial charge in [0.1, 0.15) is 0 Å². The molecule has 3 unspecified atom stereocenters. The van der Waals surface area contributed by atoms with Crippen LogP contribution in [-0.4, -0.2) is 26.9 Å². The van der Waals surface area contributed by atoms with Crippen molar-refractivity contribution in [1.29, 1.82) is 0 Å². The maximum Gasteiger partial charge on any atom is 0.243 e. The van der Waals surface area contributed by atoms with Crippen LogP contribution in [-0.2, 0) is 0 Å². The number of nitrogens with zero attached hydrogens (tertiary/aromatic N) is 2. The maximum atomic E-state index is 6.01. The van der Waals surface area contributed by atoms with Crippen LogP contribution in [0.4, 0.5) is 0 Å². The fourth-order valence-electron chi connectivity index (χ4n) is 1.70. The van der Waals surface area contributed by atoms with E-state index < -0.39 is 0 Å². The van der Waals surface area contributed by atoms with Crippen molar-refractivity contribution in [2.75, 3.05) is 11.5 Å². The summed E-state index contributed by atoms with van der Waals surface area (Å²) in [6, 6.07) is -0.159. The monoisotopic (exact) mass is 273 g/mol. The zero-order valence-electron chi connectivity index (χ0n) is 10.4. The van der Waals surface area contributed by atoms with E-state index in [4.69, 9.17) is 10.3 Å². The van der Waals surface area contributed by atoms with Gasteiger partial charge in [-0.1, -0.05) is 25.9 Å². The van der Waals surface area contributed by atoms with Gasteiger partial charge in [-0.25, -0.2) is 0 Å². The van der Waals surface area contributed by atoms with Crippen LogP contribution in [0.2, 0.25) is 0 Å². The highest BCUT2D eigenvalue weighted by Gasteiger charge is 2.29. The largest absolute Gasteiger partial charge is 0.338 e. The Morgan fingerprint density at radius 1 is 1.35 bits per heavy atom. The summed E-state index contributed by atoms with van der Waals surface area (Å²) in [5.41, 5.74) is 6.01. The van der Waals surface area contributed by atoms with Gasteiger partial charge in [0.05, 0.1) is 11.3 Å². The normalized spacial score (nSPS) is 27.4. The third-order valence-corrected chi connectivity index (χ3v) is 5.99. The minimum atomic E-state index is -0.159. The molecule has 96 valence electrons. The van der Waals surface area contributed by atoms with E-state index in [1.54, 1.807) is 0 Å². The summed E-state index contributed by atoms with van der Waals surface area (Å²) in [5.74, 6) is 4.05. The van der Waals surface area contributed by atoms with E-state index in [9.17, 15) is 0 Å². The van der Waals surface area contributed by atoms with Gasteiger partial charge in [0.15, 0.2) is 5.82 Å². The van der Waals surface area contributed by atoms with Crippen molar-refractivity contribution in [3.05, 3.63) is 11.7 Å². The first-order valence-electron chi connectivity index (χ1n) is 5.92. The molecule has 0 aliphatic carbocycles. The van der Waals surface area contributed by atoms with Crippen molar-refractivity contribution in [1.82, 2.24) is 10.1 Å². The Bertz CT molecular complexity index is 369. The van der Waals surface area contributed by atoms with Gasteiger partial charge < -0.3 is 10.3 Å². The van der Waals surface area contributed by atoms with Crippen LogP contribution in [0.25, 0.3) is 0 Å². The number of hydrogen-bond donors (Lipinski definition) is 1. The molecule has 2 N–H and O–H groups in total. The molecule has 4 nitrogen and oxygen atoms in total. The Hall–Kier alpha value is -0.200. The van der Waals surface area contributed by atoms with E-state index in [0.717, 1.165) is 11.6 Å². The molecule has 1 aromatic rings. The van der Waals surface area contributed by atoms with Crippen molar-refractivity contribution < 1.29 is 4.52 Å². The number of nitrogens with two attached hydrogens (primary N) is 1. The molecule has 0 amide bonds. The molecule has 2 rings (SSSR count). The van der Waals surface area contributed by atoms with Gasteiger partial charge in [-0.3, -0.25) is 0 Å². The molecule has 2 heterocycles. The van der Waals surface area contributed by atoms with Crippen molar-refractivity contribution >= 4 is 23.5 Å². The fourth-order valence-corrected chi connectivity index (χ4v) is 4.38. The number of hydrogen-bond acceptors (Lipinski definition) is 6. The van der Waals surface area contributed by atoms with Crippen LogP contribution < -0.4 is 5.73 Å². The first kappa shape index (κ1) is 13.2. The summed E-state index contributed by atoms with van der Waals surface area (Å²) < 4.78 is 5.28. The molecule has 1 aromatic heterocycles. The molecule has 3 atom stereocenters. The molecule has 0 bridgehead atoms. The van der Waals surface area contributed by atoms with Crippen LogP contribution in [0.1, 0.15) is 43.8 Å². The van der Waals surface area contributed by atoms with Crippen LogP contribution >= 0.6 is 23.5 Å².